The molecule has 0 bridgehead atoms. The summed E-state index contributed by atoms with van der Waals surface area (Å²) >= 11 is 1.66. The molecule has 0 unspecified atom stereocenters. The van der Waals surface area contributed by atoms with E-state index in [-0.39, 0.29) is 17.2 Å². The van der Waals surface area contributed by atoms with E-state index in [0.29, 0.717) is 23.7 Å². The topological polar surface area (TPSA) is 50.8 Å². The van der Waals surface area contributed by atoms with Gasteiger partial charge in [0.1, 0.15) is 22.7 Å². The van der Waals surface area contributed by atoms with Gasteiger partial charge in [-0.3, -0.25) is 0 Å². The van der Waals surface area contributed by atoms with E-state index in [2.05, 4.69) is 5.32 Å². The zero-order valence-electron chi connectivity index (χ0n) is 14.0. The van der Waals surface area contributed by atoms with Crippen LogP contribution in [0.4, 0.5) is 14.9 Å². The molecule has 1 heterocycles. The second kappa shape index (κ2) is 7.65. The number of methoxy groups -OCH3 is 2. The number of nitrogens with zero attached hydrogens (tertiary/aromatic N) is 1. The van der Waals surface area contributed by atoms with Crippen molar-refractivity contribution >= 4 is 23.5 Å². The summed E-state index contributed by atoms with van der Waals surface area (Å²) in [4.78, 5) is 14.5. The van der Waals surface area contributed by atoms with Gasteiger partial charge in [0.05, 0.1) is 14.2 Å². The molecule has 1 fully saturated rings. The number of ether oxygens (including phenoxy) is 2. The van der Waals surface area contributed by atoms with Crippen molar-refractivity contribution in [2.45, 2.75) is 5.37 Å². The van der Waals surface area contributed by atoms with Gasteiger partial charge in [-0.25, -0.2) is 9.18 Å². The number of anilines is 1. The van der Waals surface area contributed by atoms with Crippen molar-refractivity contribution < 1.29 is 18.7 Å². The molecule has 0 aliphatic carbocycles. The van der Waals surface area contributed by atoms with Gasteiger partial charge in [0, 0.05) is 36.2 Å². The largest absolute Gasteiger partial charge is 0.497 e. The molecule has 2 aromatic rings. The maximum Gasteiger partial charge on any atom is 0.323 e. The molecule has 25 heavy (non-hydrogen) atoms. The highest BCUT2D eigenvalue weighted by molar-refractivity contribution is 7.99. The summed E-state index contributed by atoms with van der Waals surface area (Å²) in [6, 6.07) is 11.2. The Morgan fingerprint density at radius 1 is 1.16 bits per heavy atom. The standard InChI is InChI=1S/C18H19FN2O3S/c1-23-15-9-14(10-16(11-15)24-2)20-18(22)21-7-8-25-17(21)12-3-5-13(19)6-4-12/h3-6,9-11,17H,7-8H2,1-2H3,(H,20,22)/t17-/m1/s1. The summed E-state index contributed by atoms with van der Waals surface area (Å²) in [6.07, 6.45) is 0. The van der Waals surface area contributed by atoms with E-state index >= 15 is 0 Å². The van der Waals surface area contributed by atoms with Crippen LogP contribution < -0.4 is 14.8 Å². The van der Waals surface area contributed by atoms with E-state index in [1.807, 2.05) is 0 Å². The van der Waals surface area contributed by atoms with Gasteiger partial charge >= 0.3 is 6.03 Å². The number of carbonyl (C=O) groups excluding carboxylic acids is 1. The number of urea groups is 1. The van der Waals surface area contributed by atoms with Crippen molar-refractivity contribution in [3.63, 3.8) is 0 Å². The van der Waals surface area contributed by atoms with Crippen molar-refractivity contribution in [1.82, 2.24) is 4.90 Å². The SMILES string of the molecule is COc1cc(NC(=O)N2CCS[C@@H]2c2ccc(F)cc2)cc(OC)c1. The lowest BCUT2D eigenvalue weighted by molar-refractivity contribution is 0.214. The van der Waals surface area contributed by atoms with Crippen LogP contribution in [-0.4, -0.2) is 37.4 Å². The van der Waals surface area contributed by atoms with E-state index in [0.717, 1.165) is 11.3 Å². The van der Waals surface area contributed by atoms with Crippen LogP contribution in [0, 0.1) is 5.82 Å². The minimum atomic E-state index is -0.286. The molecule has 1 aliphatic rings. The Morgan fingerprint density at radius 2 is 1.80 bits per heavy atom. The van der Waals surface area contributed by atoms with E-state index in [1.165, 1.54) is 12.1 Å². The predicted molar refractivity (Wildman–Crippen MR) is 96.9 cm³/mol. The molecule has 7 heteroatoms. The summed E-state index contributed by atoms with van der Waals surface area (Å²) in [5.41, 5.74) is 1.50. The number of nitrogens with one attached hydrogen (secondary N) is 1. The maximum atomic E-state index is 13.1. The van der Waals surface area contributed by atoms with E-state index in [4.69, 9.17) is 9.47 Å². The molecule has 1 saturated heterocycles. The Morgan fingerprint density at radius 3 is 2.40 bits per heavy atom. The Hall–Kier alpha value is -2.41. The third-order valence-corrected chi connectivity index (χ3v) is 5.17. The summed E-state index contributed by atoms with van der Waals surface area (Å²) in [5, 5.41) is 2.75. The second-order valence-corrected chi connectivity index (χ2v) is 6.69. The molecule has 132 valence electrons. The first-order valence-corrected chi connectivity index (χ1v) is 8.83. The second-order valence-electron chi connectivity index (χ2n) is 5.50. The molecule has 0 aromatic heterocycles. The molecule has 2 amide bonds. The fourth-order valence-electron chi connectivity index (χ4n) is 2.66. The quantitative estimate of drug-likeness (QED) is 0.889. The molecule has 0 radical (unpaired) electrons. The van der Waals surface area contributed by atoms with Crippen LogP contribution in [0.3, 0.4) is 0 Å². The molecular weight excluding hydrogens is 343 g/mol. The Labute approximate surface area is 150 Å². The first kappa shape index (κ1) is 17.4. The van der Waals surface area contributed by atoms with Gasteiger partial charge in [-0.15, -0.1) is 11.8 Å². The molecule has 1 N–H and O–H groups in total. The highest BCUT2D eigenvalue weighted by Crippen LogP contribution is 2.38. The van der Waals surface area contributed by atoms with E-state index in [1.54, 1.807) is 61.2 Å². The third kappa shape index (κ3) is 3.99. The van der Waals surface area contributed by atoms with Crippen LogP contribution in [0.1, 0.15) is 10.9 Å². The van der Waals surface area contributed by atoms with Crippen LogP contribution >= 0.6 is 11.8 Å². The van der Waals surface area contributed by atoms with E-state index in [9.17, 15) is 9.18 Å². The summed E-state index contributed by atoms with van der Waals surface area (Å²) in [5.74, 6) is 1.74. The first-order chi connectivity index (χ1) is 12.1. The van der Waals surface area contributed by atoms with Crippen LogP contribution in [0.15, 0.2) is 42.5 Å². The number of benzene rings is 2. The summed E-state index contributed by atoms with van der Waals surface area (Å²) in [7, 11) is 3.12. The first-order valence-electron chi connectivity index (χ1n) is 7.78. The molecular formula is C18H19FN2O3S. The minimum Gasteiger partial charge on any atom is -0.497 e. The van der Waals surface area contributed by atoms with Crippen molar-refractivity contribution in [3.05, 3.63) is 53.8 Å². The van der Waals surface area contributed by atoms with E-state index < -0.39 is 0 Å². The molecule has 0 spiro atoms. The van der Waals surface area contributed by atoms with Crippen LogP contribution in [0.2, 0.25) is 0 Å². The average molecular weight is 362 g/mol. The van der Waals surface area contributed by atoms with Gasteiger partial charge in [0.2, 0.25) is 0 Å². The number of hydrogen-bond donors (Lipinski definition) is 1. The number of halogens is 1. The van der Waals surface area contributed by atoms with Gasteiger partial charge in [-0.1, -0.05) is 12.1 Å². The lowest BCUT2D eigenvalue weighted by Gasteiger charge is -2.24. The van der Waals surface area contributed by atoms with Gasteiger partial charge in [0.15, 0.2) is 0 Å². The molecule has 1 aliphatic heterocycles. The van der Waals surface area contributed by atoms with Crippen molar-refractivity contribution in [3.8, 4) is 11.5 Å². The Balaban J connectivity index is 1.77. The monoisotopic (exact) mass is 362 g/mol. The summed E-state index contributed by atoms with van der Waals surface area (Å²) in [6.45, 7) is 0.625. The van der Waals surface area contributed by atoms with Gasteiger partial charge in [0.25, 0.3) is 0 Å². The molecule has 3 rings (SSSR count). The lowest BCUT2D eigenvalue weighted by Crippen LogP contribution is -2.34. The highest BCUT2D eigenvalue weighted by atomic mass is 32.2. The molecule has 5 nitrogen and oxygen atoms in total. The van der Waals surface area contributed by atoms with Crippen LogP contribution in [-0.2, 0) is 0 Å². The van der Waals surface area contributed by atoms with Crippen LogP contribution in [0.5, 0.6) is 11.5 Å². The molecule has 2 aromatic carbocycles. The Bertz CT molecular complexity index is 732. The molecule has 0 saturated carbocycles. The number of rotatable bonds is 4. The fraction of sp³-hybridized carbons (Fsp3) is 0.278. The number of hydrogen-bond acceptors (Lipinski definition) is 4. The number of thioether (sulfide) groups is 1. The lowest BCUT2D eigenvalue weighted by atomic mass is 10.2. The zero-order chi connectivity index (χ0) is 17.8. The fourth-order valence-corrected chi connectivity index (χ4v) is 3.91. The third-order valence-electron chi connectivity index (χ3n) is 3.91. The van der Waals surface area contributed by atoms with Crippen molar-refractivity contribution in [2.24, 2.45) is 0 Å². The minimum absolute atomic E-state index is 0.131. The summed E-state index contributed by atoms with van der Waals surface area (Å²) < 4.78 is 23.6. The van der Waals surface area contributed by atoms with Crippen molar-refractivity contribution in [1.29, 1.82) is 0 Å². The average Bonchev–Trinajstić information content (AvgIpc) is 3.11. The molecule has 1 atom stereocenters. The van der Waals surface area contributed by atoms with Gasteiger partial charge in [-0.05, 0) is 17.7 Å². The Kier molecular flexibility index (Phi) is 5.33. The van der Waals surface area contributed by atoms with Crippen molar-refractivity contribution in [2.75, 3.05) is 31.8 Å². The predicted octanol–water partition coefficient (Wildman–Crippen LogP) is 4.12. The smallest absolute Gasteiger partial charge is 0.323 e. The van der Waals surface area contributed by atoms with Gasteiger partial charge < -0.3 is 19.7 Å². The van der Waals surface area contributed by atoms with Crippen LogP contribution in [0.25, 0.3) is 0 Å². The maximum absolute atomic E-state index is 13.1. The van der Waals surface area contributed by atoms with Gasteiger partial charge in [-0.2, -0.15) is 0 Å². The highest BCUT2D eigenvalue weighted by Gasteiger charge is 2.30. The zero-order valence-corrected chi connectivity index (χ0v) is 14.8. The normalized spacial score (nSPS) is 16.6. The number of carbonyl (C=O) groups is 1. The number of amides is 2.